The van der Waals surface area contributed by atoms with E-state index in [9.17, 15) is 4.79 Å². The molecule has 0 spiro atoms. The van der Waals surface area contributed by atoms with E-state index >= 15 is 0 Å². The molecule has 2 aromatic carbocycles. The first kappa shape index (κ1) is 22.5. The summed E-state index contributed by atoms with van der Waals surface area (Å²) >= 11 is 7.45. The molecule has 0 bridgehead atoms. The third kappa shape index (κ3) is 5.21. The lowest BCUT2D eigenvalue weighted by molar-refractivity contribution is 0.340. The Bertz CT molecular complexity index is 1230. The van der Waals surface area contributed by atoms with Gasteiger partial charge in [0, 0.05) is 28.7 Å². The third-order valence-corrected chi connectivity index (χ3v) is 6.84. The molecule has 4 aromatic rings. The second kappa shape index (κ2) is 10.3. The summed E-state index contributed by atoms with van der Waals surface area (Å²) in [4.78, 5) is 21.0. The van der Waals surface area contributed by atoms with Crippen LogP contribution in [0.25, 0.3) is 26.3 Å². The van der Waals surface area contributed by atoms with Crippen LogP contribution in [0, 0.1) is 0 Å². The SMILES string of the molecule is CCCCN(C)CCNc1ccc(-n2cnc3cc(-c4ccc(Cl)cc4)sc3c2=O)cc1. The van der Waals surface area contributed by atoms with Gasteiger partial charge in [-0.25, -0.2) is 4.98 Å². The van der Waals surface area contributed by atoms with Crippen molar-refractivity contribution >= 4 is 38.8 Å². The molecule has 166 valence electrons. The highest BCUT2D eigenvalue weighted by Gasteiger charge is 2.11. The first-order valence-electron chi connectivity index (χ1n) is 10.8. The van der Waals surface area contributed by atoms with Crippen LogP contribution in [0.1, 0.15) is 19.8 Å². The highest BCUT2D eigenvalue weighted by Crippen LogP contribution is 2.31. The summed E-state index contributed by atoms with van der Waals surface area (Å²) in [5.74, 6) is 0. The van der Waals surface area contributed by atoms with Crippen molar-refractivity contribution in [3.63, 3.8) is 0 Å². The van der Waals surface area contributed by atoms with Gasteiger partial charge in [-0.15, -0.1) is 11.3 Å². The molecule has 2 heterocycles. The Kier molecular flexibility index (Phi) is 7.25. The van der Waals surface area contributed by atoms with Crippen LogP contribution in [0.5, 0.6) is 0 Å². The van der Waals surface area contributed by atoms with Crippen molar-refractivity contribution in [2.24, 2.45) is 0 Å². The number of hydrogen-bond acceptors (Lipinski definition) is 5. The number of nitrogens with one attached hydrogen (secondary N) is 1. The second-order valence-electron chi connectivity index (χ2n) is 7.88. The van der Waals surface area contributed by atoms with Crippen LogP contribution in [-0.4, -0.2) is 41.1 Å². The van der Waals surface area contributed by atoms with Crippen LogP contribution in [0.15, 0.2) is 65.7 Å². The number of halogens is 1. The smallest absolute Gasteiger partial charge is 0.275 e. The van der Waals surface area contributed by atoms with Crippen molar-refractivity contribution in [3.8, 4) is 16.1 Å². The van der Waals surface area contributed by atoms with Crippen LogP contribution >= 0.6 is 22.9 Å². The summed E-state index contributed by atoms with van der Waals surface area (Å²) in [6.45, 7) is 5.22. The van der Waals surface area contributed by atoms with Gasteiger partial charge < -0.3 is 10.2 Å². The molecule has 2 aromatic heterocycles. The predicted octanol–water partition coefficient (Wildman–Crippen LogP) is 5.91. The summed E-state index contributed by atoms with van der Waals surface area (Å²) in [6, 6.07) is 17.5. The fourth-order valence-corrected chi connectivity index (χ4v) is 4.70. The summed E-state index contributed by atoms with van der Waals surface area (Å²) in [5.41, 5.74) is 3.53. The normalized spacial score (nSPS) is 11.4. The van der Waals surface area contributed by atoms with Gasteiger partial charge in [0.05, 0.1) is 11.2 Å². The highest BCUT2D eigenvalue weighted by molar-refractivity contribution is 7.22. The minimum Gasteiger partial charge on any atom is -0.384 e. The van der Waals surface area contributed by atoms with Gasteiger partial charge >= 0.3 is 0 Å². The zero-order valence-corrected chi connectivity index (χ0v) is 19.9. The summed E-state index contributed by atoms with van der Waals surface area (Å²) in [6.07, 6.45) is 4.05. The van der Waals surface area contributed by atoms with E-state index in [0.717, 1.165) is 41.4 Å². The zero-order chi connectivity index (χ0) is 22.5. The van der Waals surface area contributed by atoms with Crippen LogP contribution < -0.4 is 10.9 Å². The van der Waals surface area contributed by atoms with Crippen LogP contribution in [0.2, 0.25) is 5.02 Å². The molecule has 0 aliphatic rings. The number of nitrogens with zero attached hydrogens (tertiary/aromatic N) is 3. The number of aromatic nitrogens is 2. The quantitative estimate of drug-likeness (QED) is 0.333. The van der Waals surface area contributed by atoms with E-state index in [1.807, 2.05) is 54.6 Å². The Morgan fingerprint density at radius 1 is 1.09 bits per heavy atom. The molecule has 5 nitrogen and oxygen atoms in total. The maximum absolute atomic E-state index is 13.1. The van der Waals surface area contributed by atoms with Gasteiger partial charge in [0.25, 0.3) is 5.56 Å². The third-order valence-electron chi connectivity index (χ3n) is 5.43. The maximum Gasteiger partial charge on any atom is 0.275 e. The fraction of sp³-hybridized carbons (Fsp3) is 0.280. The molecular formula is C25H27ClN4OS. The highest BCUT2D eigenvalue weighted by atomic mass is 35.5. The minimum atomic E-state index is -0.0570. The fourth-order valence-electron chi connectivity index (χ4n) is 3.52. The lowest BCUT2D eigenvalue weighted by atomic mass is 10.2. The minimum absolute atomic E-state index is 0.0570. The van der Waals surface area contributed by atoms with E-state index in [2.05, 4.69) is 29.2 Å². The molecular weight excluding hydrogens is 440 g/mol. The second-order valence-corrected chi connectivity index (χ2v) is 9.37. The average molecular weight is 467 g/mol. The Labute approximate surface area is 197 Å². The number of unbranched alkanes of at least 4 members (excludes halogenated alkanes) is 1. The standard InChI is InChI=1S/C25H27ClN4OS/c1-3-4-14-29(2)15-13-27-20-9-11-21(12-10-20)30-17-28-22-16-23(32-24(22)25(30)31)18-5-7-19(26)8-6-18/h5-12,16-17,27H,3-4,13-15H2,1-2H3. The van der Waals surface area contributed by atoms with Gasteiger partial charge in [-0.3, -0.25) is 9.36 Å². The van der Waals surface area contributed by atoms with Gasteiger partial charge in [-0.2, -0.15) is 0 Å². The van der Waals surface area contributed by atoms with Gasteiger partial charge in [0.1, 0.15) is 11.0 Å². The molecule has 4 rings (SSSR count). The van der Waals surface area contributed by atoms with E-state index in [0.29, 0.717) is 15.2 Å². The largest absolute Gasteiger partial charge is 0.384 e. The van der Waals surface area contributed by atoms with Crippen molar-refractivity contribution in [1.82, 2.24) is 14.5 Å². The number of anilines is 1. The first-order valence-corrected chi connectivity index (χ1v) is 12.0. The molecule has 0 radical (unpaired) electrons. The maximum atomic E-state index is 13.1. The number of likely N-dealkylation sites (N-methyl/N-ethyl adjacent to an activating group) is 1. The van der Waals surface area contributed by atoms with E-state index in [4.69, 9.17) is 11.6 Å². The number of hydrogen-bond donors (Lipinski definition) is 1. The van der Waals surface area contributed by atoms with Gasteiger partial charge in [-0.05, 0) is 68.0 Å². The summed E-state index contributed by atoms with van der Waals surface area (Å²) in [7, 11) is 2.15. The number of fused-ring (bicyclic) bond motifs is 1. The molecule has 0 aliphatic heterocycles. The molecule has 0 atom stereocenters. The van der Waals surface area contributed by atoms with E-state index in [-0.39, 0.29) is 5.56 Å². The number of benzene rings is 2. The lowest BCUT2D eigenvalue weighted by Crippen LogP contribution is -2.26. The molecule has 32 heavy (non-hydrogen) atoms. The molecule has 0 saturated carbocycles. The van der Waals surface area contributed by atoms with Crippen molar-refractivity contribution in [2.45, 2.75) is 19.8 Å². The van der Waals surface area contributed by atoms with Crippen LogP contribution in [0.4, 0.5) is 5.69 Å². The van der Waals surface area contributed by atoms with E-state index < -0.39 is 0 Å². The Morgan fingerprint density at radius 2 is 1.84 bits per heavy atom. The van der Waals surface area contributed by atoms with Crippen LogP contribution in [0.3, 0.4) is 0 Å². The molecule has 7 heteroatoms. The van der Waals surface area contributed by atoms with Gasteiger partial charge in [-0.1, -0.05) is 37.1 Å². The number of thiophene rings is 1. The predicted molar refractivity (Wildman–Crippen MR) is 137 cm³/mol. The van der Waals surface area contributed by atoms with Crippen molar-refractivity contribution < 1.29 is 0 Å². The lowest BCUT2D eigenvalue weighted by Gasteiger charge is -2.17. The zero-order valence-electron chi connectivity index (χ0n) is 18.3. The van der Waals surface area contributed by atoms with Crippen molar-refractivity contribution in [1.29, 1.82) is 0 Å². The molecule has 0 fully saturated rings. The average Bonchev–Trinajstić information content (AvgIpc) is 3.24. The van der Waals surface area contributed by atoms with Gasteiger partial charge in [0.2, 0.25) is 0 Å². The molecule has 0 amide bonds. The van der Waals surface area contributed by atoms with Crippen molar-refractivity contribution in [3.05, 3.63) is 76.3 Å². The number of rotatable bonds is 9. The Hall–Kier alpha value is -2.67. The van der Waals surface area contributed by atoms with Crippen molar-refractivity contribution in [2.75, 3.05) is 32.0 Å². The first-order chi connectivity index (χ1) is 15.5. The summed E-state index contributed by atoms with van der Waals surface area (Å²) < 4.78 is 2.25. The van der Waals surface area contributed by atoms with Crippen LogP contribution in [-0.2, 0) is 0 Å². The topological polar surface area (TPSA) is 50.2 Å². The van der Waals surface area contributed by atoms with E-state index in [1.54, 1.807) is 10.9 Å². The molecule has 1 N–H and O–H groups in total. The Balaban J connectivity index is 1.49. The monoisotopic (exact) mass is 466 g/mol. The van der Waals surface area contributed by atoms with Gasteiger partial charge in [0.15, 0.2) is 0 Å². The Morgan fingerprint density at radius 3 is 2.56 bits per heavy atom. The molecule has 0 unspecified atom stereocenters. The van der Waals surface area contributed by atoms with E-state index in [1.165, 1.54) is 24.2 Å². The summed E-state index contributed by atoms with van der Waals surface area (Å²) in [5, 5.41) is 4.14. The molecule has 0 aliphatic carbocycles. The molecule has 0 saturated heterocycles.